The van der Waals surface area contributed by atoms with E-state index in [-0.39, 0.29) is 6.04 Å². The SMILES string of the molecule is Cc1ccc(SCC(NN)c2ccc3c(c2)CCO3)cc1. The van der Waals surface area contributed by atoms with Gasteiger partial charge in [-0.2, -0.15) is 0 Å². The zero-order valence-electron chi connectivity index (χ0n) is 12.1. The lowest BCUT2D eigenvalue weighted by Gasteiger charge is -2.17. The molecule has 1 aliphatic heterocycles. The fourth-order valence-corrected chi connectivity index (χ4v) is 3.45. The molecular formula is C17H20N2OS. The number of fused-ring (bicyclic) bond motifs is 1. The quantitative estimate of drug-likeness (QED) is 0.505. The zero-order valence-corrected chi connectivity index (χ0v) is 13.0. The molecule has 0 saturated carbocycles. The molecule has 0 bridgehead atoms. The van der Waals surface area contributed by atoms with Crippen LogP contribution in [0.5, 0.6) is 5.75 Å². The van der Waals surface area contributed by atoms with Crippen molar-refractivity contribution in [3.63, 3.8) is 0 Å². The predicted octanol–water partition coefficient (Wildman–Crippen LogP) is 3.23. The summed E-state index contributed by atoms with van der Waals surface area (Å²) in [6, 6.07) is 15.1. The highest BCUT2D eigenvalue weighted by Crippen LogP contribution is 2.30. The van der Waals surface area contributed by atoms with E-state index < -0.39 is 0 Å². The van der Waals surface area contributed by atoms with Crippen molar-refractivity contribution in [2.75, 3.05) is 12.4 Å². The van der Waals surface area contributed by atoms with Crippen LogP contribution in [0.25, 0.3) is 0 Å². The Labute approximate surface area is 129 Å². The van der Waals surface area contributed by atoms with Crippen LogP contribution >= 0.6 is 11.8 Å². The summed E-state index contributed by atoms with van der Waals surface area (Å²) < 4.78 is 5.55. The summed E-state index contributed by atoms with van der Waals surface area (Å²) in [5.41, 5.74) is 6.72. The number of thioether (sulfide) groups is 1. The van der Waals surface area contributed by atoms with E-state index in [4.69, 9.17) is 10.6 Å². The fourth-order valence-electron chi connectivity index (χ4n) is 2.48. The molecule has 2 aromatic carbocycles. The summed E-state index contributed by atoms with van der Waals surface area (Å²) in [7, 11) is 0. The van der Waals surface area contributed by atoms with Gasteiger partial charge in [0.1, 0.15) is 5.75 Å². The van der Waals surface area contributed by atoms with Crippen molar-refractivity contribution in [3.05, 3.63) is 59.2 Å². The summed E-state index contributed by atoms with van der Waals surface area (Å²) >= 11 is 1.82. The number of hydrogen-bond donors (Lipinski definition) is 2. The molecule has 3 N–H and O–H groups in total. The summed E-state index contributed by atoms with van der Waals surface area (Å²) in [5.74, 6) is 7.66. The van der Waals surface area contributed by atoms with Gasteiger partial charge < -0.3 is 4.74 Å². The van der Waals surface area contributed by atoms with Crippen molar-refractivity contribution in [3.8, 4) is 5.75 Å². The molecule has 0 spiro atoms. The Kier molecular flexibility index (Phi) is 4.48. The topological polar surface area (TPSA) is 47.3 Å². The molecule has 21 heavy (non-hydrogen) atoms. The second kappa shape index (κ2) is 6.52. The molecule has 2 aromatic rings. The highest BCUT2D eigenvalue weighted by molar-refractivity contribution is 7.99. The van der Waals surface area contributed by atoms with Crippen LogP contribution in [0, 0.1) is 6.92 Å². The first-order chi connectivity index (χ1) is 10.3. The molecule has 3 rings (SSSR count). The van der Waals surface area contributed by atoms with Gasteiger partial charge in [0.25, 0.3) is 0 Å². The molecule has 1 heterocycles. The average Bonchev–Trinajstić information content (AvgIpc) is 2.97. The smallest absolute Gasteiger partial charge is 0.122 e. The molecule has 1 aliphatic rings. The number of rotatable bonds is 5. The summed E-state index contributed by atoms with van der Waals surface area (Å²) in [6.07, 6.45) is 0.992. The maximum absolute atomic E-state index is 5.74. The minimum atomic E-state index is 0.141. The van der Waals surface area contributed by atoms with Crippen LogP contribution in [0.3, 0.4) is 0 Å². The van der Waals surface area contributed by atoms with E-state index >= 15 is 0 Å². The Morgan fingerprint density at radius 1 is 1.24 bits per heavy atom. The van der Waals surface area contributed by atoms with Gasteiger partial charge in [-0.1, -0.05) is 29.8 Å². The average molecular weight is 300 g/mol. The van der Waals surface area contributed by atoms with E-state index in [2.05, 4.69) is 54.8 Å². The Morgan fingerprint density at radius 2 is 2.05 bits per heavy atom. The summed E-state index contributed by atoms with van der Waals surface area (Å²) in [6.45, 7) is 2.89. The van der Waals surface area contributed by atoms with Crippen molar-refractivity contribution in [1.82, 2.24) is 5.43 Å². The number of hydrazine groups is 1. The van der Waals surface area contributed by atoms with E-state index in [1.807, 2.05) is 11.8 Å². The number of ether oxygens (including phenoxy) is 1. The normalized spacial score (nSPS) is 14.6. The Morgan fingerprint density at radius 3 is 2.81 bits per heavy atom. The standard InChI is InChI=1S/C17H20N2OS/c1-12-2-5-15(6-3-12)21-11-16(19-18)13-4-7-17-14(10-13)8-9-20-17/h2-7,10,16,19H,8-9,11,18H2,1H3. The van der Waals surface area contributed by atoms with Crippen LogP contribution in [0.15, 0.2) is 47.4 Å². The van der Waals surface area contributed by atoms with E-state index in [1.165, 1.54) is 21.6 Å². The van der Waals surface area contributed by atoms with Gasteiger partial charge in [-0.3, -0.25) is 11.3 Å². The van der Waals surface area contributed by atoms with E-state index in [0.29, 0.717) is 0 Å². The van der Waals surface area contributed by atoms with E-state index in [9.17, 15) is 0 Å². The maximum Gasteiger partial charge on any atom is 0.122 e. The van der Waals surface area contributed by atoms with Gasteiger partial charge in [-0.25, -0.2) is 0 Å². The second-order valence-corrected chi connectivity index (χ2v) is 6.40. The van der Waals surface area contributed by atoms with Crippen LogP contribution in [0.2, 0.25) is 0 Å². The van der Waals surface area contributed by atoms with Gasteiger partial charge in [0.05, 0.1) is 12.6 Å². The monoisotopic (exact) mass is 300 g/mol. The largest absolute Gasteiger partial charge is 0.493 e. The van der Waals surface area contributed by atoms with Crippen LogP contribution < -0.4 is 16.0 Å². The van der Waals surface area contributed by atoms with E-state index in [0.717, 1.165) is 24.5 Å². The van der Waals surface area contributed by atoms with Gasteiger partial charge in [-0.05, 0) is 36.2 Å². The minimum Gasteiger partial charge on any atom is -0.493 e. The molecule has 0 saturated heterocycles. The van der Waals surface area contributed by atoms with Crippen molar-refractivity contribution in [2.24, 2.45) is 5.84 Å². The van der Waals surface area contributed by atoms with Gasteiger partial charge in [0.15, 0.2) is 0 Å². The van der Waals surface area contributed by atoms with Crippen molar-refractivity contribution < 1.29 is 4.74 Å². The fraction of sp³-hybridized carbons (Fsp3) is 0.294. The molecule has 0 aromatic heterocycles. The third kappa shape index (κ3) is 3.40. The molecule has 0 fully saturated rings. The molecule has 1 unspecified atom stereocenters. The molecule has 0 aliphatic carbocycles. The summed E-state index contributed by atoms with van der Waals surface area (Å²) in [5, 5.41) is 0. The molecular weight excluding hydrogens is 280 g/mol. The van der Waals surface area contributed by atoms with Gasteiger partial charge in [0, 0.05) is 17.1 Å². The first kappa shape index (κ1) is 14.4. The highest BCUT2D eigenvalue weighted by Gasteiger charge is 2.16. The lowest BCUT2D eigenvalue weighted by molar-refractivity contribution is 0.356. The van der Waals surface area contributed by atoms with Crippen molar-refractivity contribution >= 4 is 11.8 Å². The predicted molar refractivity (Wildman–Crippen MR) is 87.6 cm³/mol. The maximum atomic E-state index is 5.74. The minimum absolute atomic E-state index is 0.141. The van der Waals surface area contributed by atoms with Crippen molar-refractivity contribution in [1.29, 1.82) is 0 Å². The Hall–Kier alpha value is -1.49. The highest BCUT2D eigenvalue weighted by atomic mass is 32.2. The molecule has 110 valence electrons. The first-order valence-corrected chi connectivity index (χ1v) is 8.16. The molecule has 3 nitrogen and oxygen atoms in total. The summed E-state index contributed by atoms with van der Waals surface area (Å²) in [4.78, 5) is 1.27. The van der Waals surface area contributed by atoms with Gasteiger partial charge >= 0.3 is 0 Å². The van der Waals surface area contributed by atoms with Crippen LogP contribution in [0.1, 0.15) is 22.7 Å². The molecule has 4 heteroatoms. The Balaban J connectivity index is 1.68. The van der Waals surface area contributed by atoms with E-state index in [1.54, 1.807) is 0 Å². The van der Waals surface area contributed by atoms with Crippen LogP contribution in [0.4, 0.5) is 0 Å². The first-order valence-electron chi connectivity index (χ1n) is 7.17. The Bertz CT molecular complexity index is 613. The van der Waals surface area contributed by atoms with Gasteiger partial charge in [0.2, 0.25) is 0 Å². The second-order valence-electron chi connectivity index (χ2n) is 5.31. The molecule has 0 radical (unpaired) electrons. The lowest BCUT2D eigenvalue weighted by atomic mass is 10.0. The number of aryl methyl sites for hydroxylation is 1. The van der Waals surface area contributed by atoms with Crippen LogP contribution in [-0.4, -0.2) is 12.4 Å². The third-order valence-corrected chi connectivity index (χ3v) is 4.86. The van der Waals surface area contributed by atoms with Crippen LogP contribution in [-0.2, 0) is 6.42 Å². The number of hydrogen-bond acceptors (Lipinski definition) is 4. The van der Waals surface area contributed by atoms with Crippen molar-refractivity contribution in [2.45, 2.75) is 24.3 Å². The number of nitrogens with one attached hydrogen (secondary N) is 1. The zero-order chi connectivity index (χ0) is 14.7. The third-order valence-electron chi connectivity index (χ3n) is 3.75. The molecule has 0 amide bonds. The lowest BCUT2D eigenvalue weighted by Crippen LogP contribution is -2.29. The molecule has 1 atom stereocenters. The van der Waals surface area contributed by atoms with Gasteiger partial charge in [-0.15, -0.1) is 11.8 Å². The number of nitrogens with two attached hydrogens (primary N) is 1. The number of benzene rings is 2.